The number of rotatable bonds is 4. The fourth-order valence-electron chi connectivity index (χ4n) is 2.46. The van der Waals surface area contributed by atoms with E-state index < -0.39 is 0 Å². The molecule has 1 aliphatic rings. The summed E-state index contributed by atoms with van der Waals surface area (Å²) in [4.78, 5) is 17.3. The number of amides is 1. The van der Waals surface area contributed by atoms with Gasteiger partial charge in [0, 0.05) is 39.0 Å². The number of para-hydroxylation sites is 1. The molecule has 1 aliphatic heterocycles. The van der Waals surface area contributed by atoms with E-state index in [1.165, 1.54) is 6.92 Å². The van der Waals surface area contributed by atoms with Gasteiger partial charge in [-0.05, 0) is 6.07 Å². The minimum atomic E-state index is -0.180. The Labute approximate surface area is 134 Å². The fourth-order valence-corrected chi connectivity index (χ4v) is 2.46. The highest BCUT2D eigenvalue weighted by Gasteiger charge is 2.25. The van der Waals surface area contributed by atoms with E-state index in [4.69, 9.17) is 9.26 Å². The first-order valence-electron chi connectivity index (χ1n) is 7.64. The molecule has 7 heteroatoms. The molecular weight excluding hydrogens is 296 g/mol. The Kier molecular flexibility index (Phi) is 4.57. The Hall–Kier alpha value is -2.41. The Morgan fingerprint density at radius 3 is 3.09 bits per heavy atom. The van der Waals surface area contributed by atoms with Crippen molar-refractivity contribution in [3.63, 3.8) is 0 Å². The fraction of sp³-hybridized carbons (Fsp3) is 0.438. The van der Waals surface area contributed by atoms with Crippen LogP contribution < -0.4 is 10.1 Å². The van der Waals surface area contributed by atoms with E-state index in [-0.39, 0.29) is 11.9 Å². The number of aromatic nitrogens is 2. The van der Waals surface area contributed by atoms with E-state index in [2.05, 4.69) is 15.5 Å². The van der Waals surface area contributed by atoms with Crippen LogP contribution in [0.15, 0.2) is 28.8 Å². The molecule has 0 saturated carbocycles. The zero-order valence-corrected chi connectivity index (χ0v) is 13.3. The maximum atomic E-state index is 11.2. The summed E-state index contributed by atoms with van der Waals surface area (Å²) in [5.41, 5.74) is 0.987. The van der Waals surface area contributed by atoms with Gasteiger partial charge < -0.3 is 14.2 Å². The van der Waals surface area contributed by atoms with Gasteiger partial charge in [-0.2, -0.15) is 4.98 Å². The molecule has 1 amide bonds. The molecule has 23 heavy (non-hydrogen) atoms. The van der Waals surface area contributed by atoms with E-state index in [0.717, 1.165) is 11.3 Å². The van der Waals surface area contributed by atoms with Gasteiger partial charge in [0.15, 0.2) is 5.82 Å². The largest absolute Gasteiger partial charge is 0.492 e. The number of nitrogens with one attached hydrogen (secondary N) is 1. The lowest BCUT2D eigenvalue weighted by atomic mass is 10.1. The van der Waals surface area contributed by atoms with Gasteiger partial charge in [-0.3, -0.25) is 10.1 Å². The van der Waals surface area contributed by atoms with Crippen molar-refractivity contribution in [2.75, 3.05) is 26.7 Å². The van der Waals surface area contributed by atoms with Crippen LogP contribution in [0.25, 0.3) is 0 Å². The summed E-state index contributed by atoms with van der Waals surface area (Å²) in [6, 6.07) is 7.65. The number of fused-ring (bicyclic) bond motifs is 1. The highest BCUT2D eigenvalue weighted by Crippen LogP contribution is 2.30. The van der Waals surface area contributed by atoms with Crippen LogP contribution >= 0.6 is 0 Å². The smallest absolute Gasteiger partial charge is 0.248 e. The summed E-state index contributed by atoms with van der Waals surface area (Å²) in [6.07, 6.45) is 0.560. The molecule has 1 aromatic heterocycles. The highest BCUT2D eigenvalue weighted by molar-refractivity contribution is 5.72. The van der Waals surface area contributed by atoms with Crippen molar-refractivity contribution in [2.24, 2.45) is 0 Å². The predicted octanol–water partition coefficient (Wildman–Crippen LogP) is 1.16. The molecule has 122 valence electrons. The number of benzene rings is 1. The van der Waals surface area contributed by atoms with Crippen LogP contribution in [0.5, 0.6) is 5.75 Å². The number of carbonyl (C=O) groups is 1. The third-order valence-corrected chi connectivity index (χ3v) is 3.88. The van der Waals surface area contributed by atoms with Crippen molar-refractivity contribution in [3.8, 4) is 5.75 Å². The van der Waals surface area contributed by atoms with Crippen LogP contribution in [0.1, 0.15) is 30.2 Å². The highest BCUT2D eigenvalue weighted by atomic mass is 16.5. The molecule has 2 aromatic rings. The second-order valence-corrected chi connectivity index (χ2v) is 5.51. The van der Waals surface area contributed by atoms with Gasteiger partial charge in [0.2, 0.25) is 11.8 Å². The number of hydrogen-bond acceptors (Lipinski definition) is 6. The molecule has 0 fully saturated rings. The second kappa shape index (κ2) is 6.78. The maximum Gasteiger partial charge on any atom is 0.248 e. The Morgan fingerprint density at radius 1 is 1.43 bits per heavy atom. The van der Waals surface area contributed by atoms with Gasteiger partial charge in [-0.25, -0.2) is 0 Å². The molecule has 0 saturated heterocycles. The molecule has 1 aromatic carbocycles. The molecule has 7 nitrogen and oxygen atoms in total. The minimum absolute atomic E-state index is 0.0187. The molecule has 0 spiro atoms. The normalized spacial score (nSPS) is 17.0. The number of ether oxygens (including phenoxy) is 1. The average Bonchev–Trinajstić information content (AvgIpc) is 2.91. The van der Waals surface area contributed by atoms with Crippen LogP contribution in [0.4, 0.5) is 0 Å². The lowest BCUT2D eigenvalue weighted by Gasteiger charge is -2.13. The first-order chi connectivity index (χ1) is 11.1. The van der Waals surface area contributed by atoms with Crippen molar-refractivity contribution in [1.29, 1.82) is 0 Å². The standard InChI is InChI=1S/C16H20N4O3/c1-11(21)20(2)9-7-14-18-16(23-19-14)15-12-5-3-4-6-13(12)22-10-8-17-15/h3-6,15,17H,7-10H2,1-2H3/t15-/m1/s1. The Morgan fingerprint density at radius 2 is 2.26 bits per heavy atom. The summed E-state index contributed by atoms with van der Waals surface area (Å²) < 4.78 is 11.1. The van der Waals surface area contributed by atoms with E-state index in [1.807, 2.05) is 24.3 Å². The first kappa shape index (κ1) is 15.5. The van der Waals surface area contributed by atoms with Crippen molar-refractivity contribution >= 4 is 5.91 Å². The van der Waals surface area contributed by atoms with Gasteiger partial charge in [0.1, 0.15) is 18.4 Å². The molecule has 0 unspecified atom stereocenters. The monoisotopic (exact) mass is 316 g/mol. The first-order valence-corrected chi connectivity index (χ1v) is 7.64. The van der Waals surface area contributed by atoms with Gasteiger partial charge in [0.05, 0.1) is 0 Å². The SMILES string of the molecule is CC(=O)N(C)CCc1noc([C@@H]2NCCOc3ccccc32)n1. The van der Waals surface area contributed by atoms with Crippen LogP contribution in [0.3, 0.4) is 0 Å². The molecule has 0 bridgehead atoms. The summed E-state index contributed by atoms with van der Waals surface area (Å²) in [6.45, 7) is 3.39. The van der Waals surface area contributed by atoms with Crippen LogP contribution in [-0.2, 0) is 11.2 Å². The third-order valence-electron chi connectivity index (χ3n) is 3.88. The van der Waals surface area contributed by atoms with Crippen LogP contribution in [-0.4, -0.2) is 47.7 Å². The molecule has 1 N–H and O–H groups in total. The molecule has 0 aliphatic carbocycles. The molecule has 1 atom stereocenters. The topological polar surface area (TPSA) is 80.5 Å². The number of nitrogens with zero attached hydrogens (tertiary/aromatic N) is 3. The van der Waals surface area contributed by atoms with E-state index >= 15 is 0 Å². The van der Waals surface area contributed by atoms with Crippen molar-refractivity contribution in [3.05, 3.63) is 41.5 Å². The summed E-state index contributed by atoms with van der Waals surface area (Å²) in [7, 11) is 1.75. The quantitative estimate of drug-likeness (QED) is 0.912. The number of hydrogen-bond donors (Lipinski definition) is 1. The Bertz CT molecular complexity index is 685. The molecule has 2 heterocycles. The average molecular weight is 316 g/mol. The molecule has 3 rings (SSSR count). The summed E-state index contributed by atoms with van der Waals surface area (Å²) in [5, 5.41) is 7.39. The van der Waals surface area contributed by atoms with Gasteiger partial charge in [0.25, 0.3) is 0 Å². The lowest BCUT2D eigenvalue weighted by molar-refractivity contribution is -0.127. The van der Waals surface area contributed by atoms with Crippen molar-refractivity contribution in [2.45, 2.75) is 19.4 Å². The van der Waals surface area contributed by atoms with E-state index in [9.17, 15) is 4.79 Å². The van der Waals surface area contributed by atoms with Crippen molar-refractivity contribution in [1.82, 2.24) is 20.4 Å². The van der Waals surface area contributed by atoms with Crippen molar-refractivity contribution < 1.29 is 14.1 Å². The van der Waals surface area contributed by atoms with Crippen LogP contribution in [0, 0.1) is 0 Å². The van der Waals surface area contributed by atoms with Gasteiger partial charge >= 0.3 is 0 Å². The maximum absolute atomic E-state index is 11.2. The summed E-state index contributed by atoms with van der Waals surface area (Å²) in [5.74, 6) is 1.96. The zero-order valence-electron chi connectivity index (χ0n) is 13.3. The van der Waals surface area contributed by atoms with Gasteiger partial charge in [-0.15, -0.1) is 0 Å². The second-order valence-electron chi connectivity index (χ2n) is 5.51. The van der Waals surface area contributed by atoms with Crippen LogP contribution in [0.2, 0.25) is 0 Å². The molecule has 0 radical (unpaired) electrons. The minimum Gasteiger partial charge on any atom is -0.492 e. The Balaban J connectivity index is 1.76. The lowest BCUT2D eigenvalue weighted by Crippen LogP contribution is -2.26. The molecular formula is C16H20N4O3. The number of carbonyl (C=O) groups excluding carboxylic acids is 1. The zero-order chi connectivity index (χ0) is 16.2. The van der Waals surface area contributed by atoms with Gasteiger partial charge in [-0.1, -0.05) is 23.4 Å². The number of likely N-dealkylation sites (N-methyl/N-ethyl adjacent to an activating group) is 1. The predicted molar refractivity (Wildman–Crippen MR) is 83.1 cm³/mol. The summed E-state index contributed by atoms with van der Waals surface area (Å²) >= 11 is 0. The third kappa shape index (κ3) is 3.50. The van der Waals surface area contributed by atoms with E-state index in [0.29, 0.717) is 37.8 Å². The van der Waals surface area contributed by atoms with E-state index in [1.54, 1.807) is 11.9 Å².